The minimum absolute atomic E-state index is 0.159. The number of ether oxygens (including phenoxy) is 1. The molecule has 1 saturated heterocycles. The maximum atomic E-state index is 14.8. The lowest BCUT2D eigenvalue weighted by Crippen LogP contribution is -2.59. The Bertz CT molecular complexity index is 1200. The maximum Gasteiger partial charge on any atom is 0.254 e. The number of likely N-dealkylation sites (N-methyl/N-ethyl adjacent to an activating group) is 1. The third-order valence-electron chi connectivity index (χ3n) is 7.51. The van der Waals surface area contributed by atoms with E-state index in [4.69, 9.17) is 4.74 Å². The summed E-state index contributed by atoms with van der Waals surface area (Å²) in [7, 11) is 3.20. The number of amides is 2. The summed E-state index contributed by atoms with van der Waals surface area (Å²) in [6.07, 6.45) is 1.45. The Balaban J connectivity index is 1.51. The number of carbonyl (C=O) groups excluding carboxylic acids is 3. The number of anilines is 1. The van der Waals surface area contributed by atoms with E-state index in [2.05, 4.69) is 29.4 Å². The Labute approximate surface area is 224 Å². The SMILES string of the molecule is BC(CCC=O)(C(=O)NC)N1Cc2c(NCc3cc(CN4CC(C)OC(C)C4)ccc3F)cccc2C1=O. The molecule has 0 aromatic heterocycles. The molecule has 2 aromatic carbocycles. The van der Waals surface area contributed by atoms with E-state index in [-0.39, 0.29) is 55.8 Å². The van der Waals surface area contributed by atoms with Crippen molar-refractivity contribution in [1.29, 1.82) is 0 Å². The van der Waals surface area contributed by atoms with Crippen LogP contribution in [0.25, 0.3) is 0 Å². The first-order valence-electron chi connectivity index (χ1n) is 13.1. The Morgan fingerprint density at radius 2 is 1.97 bits per heavy atom. The average molecular weight is 522 g/mol. The van der Waals surface area contributed by atoms with E-state index < -0.39 is 5.44 Å². The van der Waals surface area contributed by atoms with Gasteiger partial charge >= 0.3 is 0 Å². The number of fused-ring (bicyclic) bond motifs is 1. The van der Waals surface area contributed by atoms with Crippen molar-refractivity contribution < 1.29 is 23.5 Å². The smallest absolute Gasteiger partial charge is 0.254 e. The molecule has 2 aliphatic rings. The second-order valence-electron chi connectivity index (χ2n) is 10.5. The third-order valence-corrected chi connectivity index (χ3v) is 7.51. The van der Waals surface area contributed by atoms with Crippen molar-refractivity contribution in [2.24, 2.45) is 0 Å². The highest BCUT2D eigenvalue weighted by atomic mass is 19.1. The van der Waals surface area contributed by atoms with E-state index in [1.807, 2.05) is 18.2 Å². The number of hydrogen-bond acceptors (Lipinski definition) is 6. The van der Waals surface area contributed by atoms with Gasteiger partial charge in [0.25, 0.3) is 5.91 Å². The highest BCUT2D eigenvalue weighted by Gasteiger charge is 2.45. The van der Waals surface area contributed by atoms with Crippen molar-refractivity contribution in [1.82, 2.24) is 15.1 Å². The van der Waals surface area contributed by atoms with Gasteiger partial charge in [-0.2, -0.15) is 0 Å². The summed E-state index contributed by atoms with van der Waals surface area (Å²) >= 11 is 0. The van der Waals surface area contributed by atoms with Crippen LogP contribution in [0.3, 0.4) is 0 Å². The van der Waals surface area contributed by atoms with E-state index in [1.54, 1.807) is 20.0 Å². The average Bonchev–Trinajstić information content (AvgIpc) is 3.24. The Morgan fingerprint density at radius 1 is 1.24 bits per heavy atom. The summed E-state index contributed by atoms with van der Waals surface area (Å²) in [5.74, 6) is -0.878. The molecule has 38 heavy (non-hydrogen) atoms. The second kappa shape index (κ2) is 11.7. The van der Waals surface area contributed by atoms with Gasteiger partial charge in [-0.05, 0) is 50.1 Å². The zero-order chi connectivity index (χ0) is 27.4. The monoisotopic (exact) mass is 522 g/mol. The van der Waals surface area contributed by atoms with Gasteiger partial charge in [0.15, 0.2) is 0 Å². The van der Waals surface area contributed by atoms with Crippen molar-refractivity contribution in [2.45, 2.75) is 64.0 Å². The normalized spacial score (nSPS) is 21.1. The van der Waals surface area contributed by atoms with Crippen LogP contribution in [0.5, 0.6) is 0 Å². The molecular weight excluding hydrogens is 486 g/mol. The van der Waals surface area contributed by atoms with Crippen LogP contribution in [0, 0.1) is 5.82 Å². The van der Waals surface area contributed by atoms with Crippen LogP contribution >= 0.6 is 0 Å². The second-order valence-corrected chi connectivity index (χ2v) is 10.5. The first-order valence-corrected chi connectivity index (χ1v) is 13.1. The number of benzene rings is 2. The molecule has 3 unspecified atom stereocenters. The molecule has 3 atom stereocenters. The predicted molar refractivity (Wildman–Crippen MR) is 146 cm³/mol. The molecule has 202 valence electrons. The number of halogens is 1. The van der Waals surface area contributed by atoms with Gasteiger partial charge in [-0.3, -0.25) is 14.5 Å². The summed E-state index contributed by atoms with van der Waals surface area (Å²) < 4.78 is 20.6. The van der Waals surface area contributed by atoms with E-state index in [1.165, 1.54) is 18.0 Å². The van der Waals surface area contributed by atoms with Crippen molar-refractivity contribution >= 4 is 31.6 Å². The van der Waals surface area contributed by atoms with Crippen LogP contribution in [-0.2, 0) is 34.0 Å². The zero-order valence-corrected chi connectivity index (χ0v) is 22.6. The summed E-state index contributed by atoms with van der Waals surface area (Å²) in [6.45, 7) is 6.97. The molecular formula is C28H36BFN4O4. The Morgan fingerprint density at radius 3 is 2.66 bits per heavy atom. The molecule has 0 saturated carbocycles. The molecule has 2 aliphatic heterocycles. The highest BCUT2D eigenvalue weighted by molar-refractivity contribution is 6.30. The first kappa shape index (κ1) is 27.8. The van der Waals surface area contributed by atoms with Crippen molar-refractivity contribution in [2.75, 3.05) is 25.5 Å². The van der Waals surface area contributed by atoms with Crippen molar-refractivity contribution in [3.8, 4) is 0 Å². The molecule has 2 amide bonds. The molecule has 4 rings (SSSR count). The fourth-order valence-electron chi connectivity index (χ4n) is 5.60. The van der Waals surface area contributed by atoms with E-state index in [0.717, 1.165) is 30.5 Å². The molecule has 2 aromatic rings. The number of nitrogens with zero attached hydrogens (tertiary/aromatic N) is 2. The molecule has 10 heteroatoms. The van der Waals surface area contributed by atoms with E-state index in [0.29, 0.717) is 23.4 Å². The maximum absolute atomic E-state index is 14.8. The van der Waals surface area contributed by atoms with Gasteiger partial charge in [0.05, 0.1) is 17.6 Å². The number of morpholine rings is 1. The lowest BCUT2D eigenvalue weighted by Gasteiger charge is -2.37. The van der Waals surface area contributed by atoms with Gasteiger partial charge in [-0.15, -0.1) is 0 Å². The van der Waals surface area contributed by atoms with Crippen LogP contribution in [0.2, 0.25) is 0 Å². The number of aldehydes is 1. The lowest BCUT2D eigenvalue weighted by atomic mass is 9.71. The van der Waals surface area contributed by atoms with Gasteiger partial charge in [-0.25, -0.2) is 4.39 Å². The summed E-state index contributed by atoms with van der Waals surface area (Å²) in [6, 6.07) is 10.6. The molecule has 0 radical (unpaired) electrons. The van der Waals surface area contributed by atoms with Crippen LogP contribution < -0.4 is 10.6 Å². The van der Waals surface area contributed by atoms with Crippen LogP contribution in [0.15, 0.2) is 36.4 Å². The topological polar surface area (TPSA) is 91.0 Å². The van der Waals surface area contributed by atoms with Crippen LogP contribution in [-0.4, -0.2) is 73.5 Å². The quantitative estimate of drug-likeness (QED) is 0.367. The van der Waals surface area contributed by atoms with E-state index >= 15 is 0 Å². The predicted octanol–water partition coefficient (Wildman–Crippen LogP) is 2.06. The fraction of sp³-hybridized carbons (Fsp3) is 0.464. The first-order chi connectivity index (χ1) is 18.2. The summed E-state index contributed by atoms with van der Waals surface area (Å²) in [4.78, 5) is 41.0. The molecule has 0 bridgehead atoms. The Kier molecular flexibility index (Phi) is 8.52. The third kappa shape index (κ3) is 5.76. The fourth-order valence-corrected chi connectivity index (χ4v) is 5.60. The summed E-state index contributed by atoms with van der Waals surface area (Å²) in [5, 5.41) is 5.95. The number of carbonyl (C=O) groups is 3. The molecule has 0 spiro atoms. The van der Waals surface area contributed by atoms with Crippen LogP contribution in [0.4, 0.5) is 10.1 Å². The molecule has 1 fully saturated rings. The van der Waals surface area contributed by atoms with Gasteiger partial charge in [0.2, 0.25) is 5.91 Å². The largest absolute Gasteiger partial charge is 0.381 e. The standard InChI is InChI=1S/C28H36BFN4O4/c1-18-14-33(15-19(2)38-18)16-20-8-9-24(30)21(12-20)13-32-25-7-4-6-22-23(25)17-34(26(22)36)28(29,10-5-11-35)27(37)31-3/h4,6-9,11-12,18-19,32H,5,10,13-17,29H2,1-3H3,(H,31,37). The number of nitrogens with one attached hydrogen (secondary N) is 2. The minimum Gasteiger partial charge on any atom is -0.381 e. The molecule has 8 nitrogen and oxygen atoms in total. The zero-order valence-electron chi connectivity index (χ0n) is 22.6. The lowest BCUT2D eigenvalue weighted by molar-refractivity contribution is -0.127. The van der Waals surface area contributed by atoms with Gasteiger partial charge < -0.3 is 25.1 Å². The molecule has 0 aliphatic carbocycles. The molecule has 2 N–H and O–H groups in total. The minimum atomic E-state index is -1.17. The number of hydrogen-bond donors (Lipinski definition) is 2. The Hall–Kier alpha value is -3.24. The van der Waals surface area contributed by atoms with E-state index in [9.17, 15) is 18.8 Å². The van der Waals surface area contributed by atoms with Crippen molar-refractivity contribution in [3.63, 3.8) is 0 Å². The summed E-state index contributed by atoms with van der Waals surface area (Å²) in [5.41, 5.74) is 2.37. The highest BCUT2D eigenvalue weighted by Crippen LogP contribution is 2.35. The van der Waals surface area contributed by atoms with Gasteiger partial charge in [-0.1, -0.05) is 12.1 Å². The van der Waals surface area contributed by atoms with Gasteiger partial charge in [0.1, 0.15) is 19.9 Å². The number of rotatable bonds is 10. The van der Waals surface area contributed by atoms with Gasteiger partial charge in [0, 0.05) is 68.6 Å². The van der Waals surface area contributed by atoms with Crippen molar-refractivity contribution in [3.05, 3.63) is 64.5 Å². The van der Waals surface area contributed by atoms with Crippen LogP contribution in [0.1, 0.15) is 53.7 Å². The molecule has 2 heterocycles.